The summed E-state index contributed by atoms with van der Waals surface area (Å²) < 4.78 is 0. The van der Waals surface area contributed by atoms with Gasteiger partial charge in [-0.05, 0) is 144 Å². The van der Waals surface area contributed by atoms with Crippen LogP contribution in [0.1, 0.15) is 0 Å². The van der Waals surface area contributed by atoms with Gasteiger partial charge in [-0.3, -0.25) is 39.9 Å². The molecule has 34 nitrogen and oxygen atoms in total. The molecule has 0 unspecified atom stereocenters. The molecule has 0 spiro atoms. The molecule has 0 fully saturated rings. The van der Waals surface area contributed by atoms with Gasteiger partial charge in [0.05, 0.1) is 76.1 Å². The molecule has 456 valence electrons. The Hall–Kier alpha value is -11.2. The average Bonchev–Trinajstić information content (AvgIpc) is 3.70. The van der Waals surface area contributed by atoms with Crippen molar-refractivity contribution < 1.29 is 93.7 Å². The van der Waals surface area contributed by atoms with Crippen molar-refractivity contribution in [2.45, 2.75) is 0 Å². The van der Waals surface area contributed by atoms with Gasteiger partial charge in [0.15, 0.2) is 0 Å². The van der Waals surface area contributed by atoms with Crippen LogP contribution in [-0.2, 0) is 63.2 Å². The quantitative estimate of drug-likeness (QED) is 0.110. The normalized spacial score (nSPS) is 8.55. The second kappa shape index (κ2) is 49.4. The molecule has 0 saturated heterocycles. The van der Waals surface area contributed by atoms with Gasteiger partial charge >= 0.3 is 63.2 Å². The van der Waals surface area contributed by atoms with E-state index >= 15 is 0 Å². The Balaban J connectivity index is -0.000000960. The van der Waals surface area contributed by atoms with E-state index in [2.05, 4.69) is 49.8 Å². The molecule has 0 aliphatic heterocycles. The van der Waals surface area contributed by atoms with Crippen LogP contribution in [0.4, 0.5) is 0 Å². The van der Waals surface area contributed by atoms with Gasteiger partial charge in [-0.15, -0.1) is 0 Å². The molecular weight excluding hydrogens is 1700 g/mol. The molecule has 0 amide bonds. The van der Waals surface area contributed by atoms with Gasteiger partial charge in [-0.1, -0.05) is 36.4 Å². The third-order valence-electron chi connectivity index (χ3n) is 8.60. The van der Waals surface area contributed by atoms with Crippen molar-refractivity contribution >= 4 is 0 Å². The van der Waals surface area contributed by atoms with E-state index in [-0.39, 0.29) is 63.2 Å². The Kier molecular flexibility index (Phi) is 45.4. The summed E-state index contributed by atoms with van der Waals surface area (Å²) in [5, 5.41) is 88.5. The van der Waals surface area contributed by atoms with Crippen LogP contribution in [0.5, 0.6) is 0 Å². The summed E-state index contributed by atoms with van der Waals surface area (Å²) in [5.41, 5.74) is 11.6. The Morgan fingerprint density at radius 3 is 0.494 bits per heavy atom. The zero-order valence-electron chi connectivity index (χ0n) is 43.4. The summed E-state index contributed by atoms with van der Waals surface area (Å²) in [6, 6.07) is 50.8. The molecule has 0 saturated carbocycles. The Bertz CT molecular complexity index is 2950. The van der Waals surface area contributed by atoms with E-state index in [4.69, 9.17) is 91.9 Å². The molecule has 0 N–H and O–H groups in total. The van der Waals surface area contributed by atoms with Gasteiger partial charge in [0, 0.05) is 74.4 Å². The number of rotatable bonds is 6. The molecule has 0 radical (unpaired) electrons. The Labute approximate surface area is 532 Å². The number of hydrogen-bond donors (Lipinski definition) is 0. The molecule has 0 aromatic carbocycles. The van der Waals surface area contributed by atoms with E-state index in [1.165, 1.54) is 22.3 Å². The predicted molar refractivity (Wildman–Crippen MR) is 299 cm³/mol. The van der Waals surface area contributed by atoms with Crippen LogP contribution in [0.3, 0.4) is 0 Å². The number of aromatic nitrogens is 10. The first kappa shape index (κ1) is 80.0. The molecule has 0 aliphatic rings. The first-order valence-electron chi connectivity index (χ1n) is 22.3. The second-order valence-electron chi connectivity index (χ2n) is 14.0. The molecule has 0 atom stereocenters. The van der Waals surface area contributed by atoms with E-state index in [1.807, 2.05) is 158 Å². The molecular formula is C50H38N16O18Pt3. The van der Waals surface area contributed by atoms with Crippen molar-refractivity contribution in [2.75, 3.05) is 0 Å². The van der Waals surface area contributed by atoms with Crippen molar-refractivity contribution in [3.05, 3.63) is 324 Å². The summed E-state index contributed by atoms with van der Waals surface area (Å²) in [6.45, 7) is 0. The van der Waals surface area contributed by atoms with E-state index in [9.17, 15) is 0 Å². The van der Waals surface area contributed by atoms with Crippen LogP contribution in [0.25, 0.3) is 67.8 Å². The standard InChI is InChI=1S/2C15H11N3.2C10H8N2.6NO3.3Pt/c2*1-3-10-16-12(6-1)14-8-5-9-15(18-14)13-7-2-4-11-17-13;2*1-5-11-6-2-9(1)10-3-7-12-8-4-10;6*2-1(3)4;;;/h2*1-11H;2*1-8H;;;;;;;;;/q;;;;6*-1;3*+2. The van der Waals surface area contributed by atoms with Gasteiger partial charge in [0.25, 0.3) is 0 Å². The van der Waals surface area contributed by atoms with Gasteiger partial charge in [0.2, 0.25) is 0 Å². The summed E-state index contributed by atoms with van der Waals surface area (Å²) >= 11 is 0. The minimum Gasteiger partial charge on any atom is -0.356 e. The van der Waals surface area contributed by atoms with Crippen molar-refractivity contribution in [1.82, 2.24) is 49.8 Å². The molecule has 37 heteroatoms. The summed E-state index contributed by atoms with van der Waals surface area (Å²) in [6.07, 6.45) is 21.4. The van der Waals surface area contributed by atoms with E-state index < -0.39 is 30.5 Å². The van der Waals surface area contributed by atoms with Crippen LogP contribution >= 0.6 is 0 Å². The number of nitrogens with zero attached hydrogens (tertiary/aromatic N) is 16. The minimum atomic E-state index is -1.75. The topological polar surface area (TPSA) is 526 Å². The maximum Gasteiger partial charge on any atom is 2.00 e. The zero-order chi connectivity index (χ0) is 62.3. The summed E-state index contributed by atoms with van der Waals surface area (Å²) in [5.74, 6) is 0. The van der Waals surface area contributed by atoms with Gasteiger partial charge < -0.3 is 91.9 Å². The number of pyridine rings is 10. The SMILES string of the molecule is O=[N+]([O-])[O-].O=[N+]([O-])[O-].O=[N+]([O-])[O-].O=[N+]([O-])[O-].O=[N+]([O-])[O-].O=[N+]([O-])[O-].[Pt+2].[Pt+2].[Pt+2].c1cc(-c2ccncc2)ccn1.c1cc(-c2ccncc2)ccn1.c1ccc(-c2cccc(-c3ccccn3)n2)nc1.c1ccc(-c2cccc(-c3ccccn3)n2)nc1. The van der Waals surface area contributed by atoms with E-state index in [0.29, 0.717) is 0 Å². The molecule has 0 bridgehead atoms. The van der Waals surface area contributed by atoms with E-state index in [1.54, 1.807) is 74.4 Å². The molecule has 87 heavy (non-hydrogen) atoms. The Morgan fingerprint density at radius 2 is 0.356 bits per heavy atom. The third kappa shape index (κ3) is 42.3. The second-order valence-corrected chi connectivity index (χ2v) is 14.0. The predicted octanol–water partition coefficient (Wildman–Crippen LogP) is 9.26. The van der Waals surface area contributed by atoms with Crippen LogP contribution in [-0.4, -0.2) is 80.4 Å². The van der Waals surface area contributed by atoms with E-state index in [0.717, 1.165) is 45.6 Å². The van der Waals surface area contributed by atoms with Crippen LogP contribution in [0.2, 0.25) is 0 Å². The molecule has 10 aromatic heterocycles. The van der Waals surface area contributed by atoms with Crippen LogP contribution in [0.15, 0.2) is 232 Å². The van der Waals surface area contributed by atoms with Crippen molar-refractivity contribution in [3.63, 3.8) is 0 Å². The van der Waals surface area contributed by atoms with Crippen molar-refractivity contribution in [3.8, 4) is 67.8 Å². The zero-order valence-corrected chi connectivity index (χ0v) is 50.2. The molecule has 10 aromatic rings. The van der Waals surface area contributed by atoms with Crippen LogP contribution < -0.4 is 0 Å². The average molecular weight is 1740 g/mol. The maximum absolute atomic E-state index is 8.25. The van der Waals surface area contributed by atoms with Gasteiger partial charge in [-0.2, -0.15) is 0 Å². The Morgan fingerprint density at radius 1 is 0.207 bits per heavy atom. The molecule has 0 aliphatic carbocycles. The summed E-state index contributed by atoms with van der Waals surface area (Å²) in [4.78, 5) is 91.7. The van der Waals surface area contributed by atoms with Crippen LogP contribution in [0, 0.1) is 91.9 Å². The number of hydrogen-bond acceptors (Lipinski definition) is 28. The maximum atomic E-state index is 8.25. The molecule has 10 rings (SSSR count). The third-order valence-corrected chi connectivity index (χ3v) is 8.60. The minimum absolute atomic E-state index is 0. The fourth-order valence-corrected chi connectivity index (χ4v) is 5.67. The largest absolute Gasteiger partial charge is 2.00 e. The van der Waals surface area contributed by atoms with Crippen molar-refractivity contribution in [2.24, 2.45) is 0 Å². The van der Waals surface area contributed by atoms with Gasteiger partial charge in [0.1, 0.15) is 0 Å². The summed E-state index contributed by atoms with van der Waals surface area (Å²) in [7, 11) is 0. The fraction of sp³-hybridized carbons (Fsp3) is 0. The molecule has 10 heterocycles. The smallest absolute Gasteiger partial charge is 0.356 e. The first-order chi connectivity index (χ1) is 40.2. The van der Waals surface area contributed by atoms with Crippen molar-refractivity contribution in [1.29, 1.82) is 0 Å². The fourth-order valence-electron chi connectivity index (χ4n) is 5.67. The van der Waals surface area contributed by atoms with Gasteiger partial charge in [-0.25, -0.2) is 9.97 Å². The first-order valence-corrected chi connectivity index (χ1v) is 22.3. The monoisotopic (exact) mass is 1740 g/mol.